The minimum atomic E-state index is -0.357. The SMILES string of the molecule is CC(C)c1ccc2c(c1)C1(CCN(C)CC1)OC2=O. The normalized spacial score (nSPS) is 21.8. The molecule has 1 aromatic rings. The van der Waals surface area contributed by atoms with Crippen LogP contribution < -0.4 is 0 Å². The topological polar surface area (TPSA) is 29.5 Å². The fourth-order valence-electron chi connectivity index (χ4n) is 3.11. The molecule has 0 saturated carbocycles. The average Bonchev–Trinajstić information content (AvgIpc) is 2.66. The summed E-state index contributed by atoms with van der Waals surface area (Å²) in [6, 6.07) is 6.19. The second-order valence-electron chi connectivity index (χ2n) is 6.15. The van der Waals surface area contributed by atoms with Gasteiger partial charge in [-0.2, -0.15) is 0 Å². The highest BCUT2D eigenvalue weighted by atomic mass is 16.6. The molecular weight excluding hydrogens is 238 g/mol. The Balaban J connectivity index is 2.04. The predicted molar refractivity (Wildman–Crippen MR) is 74.4 cm³/mol. The number of ether oxygens (including phenoxy) is 1. The van der Waals surface area contributed by atoms with E-state index in [-0.39, 0.29) is 11.6 Å². The molecule has 3 heteroatoms. The fourth-order valence-corrected chi connectivity index (χ4v) is 3.11. The van der Waals surface area contributed by atoms with Gasteiger partial charge in [-0.3, -0.25) is 0 Å². The van der Waals surface area contributed by atoms with Crippen molar-refractivity contribution in [1.82, 2.24) is 4.90 Å². The van der Waals surface area contributed by atoms with E-state index in [9.17, 15) is 4.79 Å². The maximum absolute atomic E-state index is 12.1. The number of benzene rings is 1. The number of esters is 1. The minimum Gasteiger partial charge on any atom is -0.450 e. The van der Waals surface area contributed by atoms with E-state index in [0.29, 0.717) is 5.92 Å². The van der Waals surface area contributed by atoms with E-state index in [2.05, 4.69) is 37.9 Å². The molecule has 1 aromatic carbocycles. The van der Waals surface area contributed by atoms with Gasteiger partial charge in [-0.15, -0.1) is 0 Å². The first kappa shape index (κ1) is 12.7. The lowest BCUT2D eigenvalue weighted by Gasteiger charge is -2.37. The van der Waals surface area contributed by atoms with Crippen LogP contribution in [0.25, 0.3) is 0 Å². The van der Waals surface area contributed by atoms with Gasteiger partial charge in [0.05, 0.1) is 5.56 Å². The van der Waals surface area contributed by atoms with E-state index in [1.165, 1.54) is 5.56 Å². The number of fused-ring (bicyclic) bond motifs is 2. The average molecular weight is 259 g/mol. The Morgan fingerprint density at radius 3 is 2.58 bits per heavy atom. The number of rotatable bonds is 1. The van der Waals surface area contributed by atoms with Crippen molar-refractivity contribution >= 4 is 5.97 Å². The zero-order chi connectivity index (χ0) is 13.6. The molecule has 102 valence electrons. The molecule has 0 radical (unpaired) electrons. The Bertz CT molecular complexity index is 513. The van der Waals surface area contributed by atoms with Gasteiger partial charge in [0.25, 0.3) is 0 Å². The highest BCUT2D eigenvalue weighted by molar-refractivity contribution is 5.95. The van der Waals surface area contributed by atoms with Crippen LogP contribution in [0, 0.1) is 0 Å². The number of likely N-dealkylation sites (tertiary alicyclic amines) is 1. The smallest absolute Gasteiger partial charge is 0.339 e. The van der Waals surface area contributed by atoms with Crippen LogP contribution in [-0.4, -0.2) is 31.0 Å². The fraction of sp³-hybridized carbons (Fsp3) is 0.562. The van der Waals surface area contributed by atoms with Crippen molar-refractivity contribution in [2.45, 2.75) is 38.2 Å². The summed E-state index contributed by atoms with van der Waals surface area (Å²) in [5.41, 5.74) is 2.82. The second-order valence-corrected chi connectivity index (χ2v) is 6.15. The van der Waals surface area contributed by atoms with E-state index < -0.39 is 0 Å². The van der Waals surface area contributed by atoms with Crippen LogP contribution in [0.1, 0.15) is 54.1 Å². The maximum atomic E-state index is 12.1. The lowest BCUT2D eigenvalue weighted by atomic mass is 9.82. The summed E-state index contributed by atoms with van der Waals surface area (Å²) in [5.74, 6) is 0.333. The van der Waals surface area contributed by atoms with Gasteiger partial charge in [-0.25, -0.2) is 4.79 Å². The molecule has 1 fully saturated rings. The molecule has 0 aliphatic carbocycles. The van der Waals surface area contributed by atoms with Crippen LogP contribution in [-0.2, 0) is 10.3 Å². The van der Waals surface area contributed by atoms with Gasteiger partial charge in [-0.05, 0) is 24.6 Å². The molecule has 1 spiro atoms. The van der Waals surface area contributed by atoms with Crippen molar-refractivity contribution < 1.29 is 9.53 Å². The molecule has 3 nitrogen and oxygen atoms in total. The lowest BCUT2D eigenvalue weighted by molar-refractivity contribution is -0.0394. The van der Waals surface area contributed by atoms with Crippen molar-refractivity contribution in [3.05, 3.63) is 34.9 Å². The summed E-state index contributed by atoms with van der Waals surface area (Å²) in [7, 11) is 2.12. The molecule has 1 saturated heterocycles. The number of hydrogen-bond donors (Lipinski definition) is 0. The summed E-state index contributed by atoms with van der Waals surface area (Å²) >= 11 is 0. The van der Waals surface area contributed by atoms with Crippen molar-refractivity contribution in [2.24, 2.45) is 0 Å². The van der Waals surface area contributed by atoms with Crippen molar-refractivity contribution in [1.29, 1.82) is 0 Å². The maximum Gasteiger partial charge on any atom is 0.339 e. The summed E-state index contributed by atoms with van der Waals surface area (Å²) in [6.45, 7) is 6.33. The van der Waals surface area contributed by atoms with E-state index in [4.69, 9.17) is 4.74 Å². The molecule has 2 aliphatic heterocycles. The molecule has 3 rings (SSSR count). The summed E-state index contributed by atoms with van der Waals surface area (Å²) in [4.78, 5) is 14.4. The number of carbonyl (C=O) groups excluding carboxylic acids is 1. The van der Waals surface area contributed by atoms with Crippen molar-refractivity contribution in [3.63, 3.8) is 0 Å². The first-order valence-corrected chi connectivity index (χ1v) is 7.08. The molecule has 2 aliphatic rings. The molecule has 0 amide bonds. The molecule has 0 aromatic heterocycles. The van der Waals surface area contributed by atoms with Gasteiger partial charge < -0.3 is 9.64 Å². The molecule has 0 N–H and O–H groups in total. The highest BCUT2D eigenvalue weighted by Crippen LogP contribution is 2.44. The van der Waals surface area contributed by atoms with E-state index in [1.807, 2.05) is 6.07 Å². The summed E-state index contributed by atoms with van der Waals surface area (Å²) in [5, 5.41) is 0. The quantitative estimate of drug-likeness (QED) is 0.726. The van der Waals surface area contributed by atoms with Gasteiger partial charge in [0.1, 0.15) is 5.60 Å². The van der Waals surface area contributed by atoms with Gasteiger partial charge in [0, 0.05) is 31.5 Å². The van der Waals surface area contributed by atoms with Gasteiger partial charge in [0.15, 0.2) is 0 Å². The lowest BCUT2D eigenvalue weighted by Crippen LogP contribution is -2.41. The number of nitrogens with zero attached hydrogens (tertiary/aromatic N) is 1. The Kier molecular flexibility index (Phi) is 2.90. The molecule has 0 unspecified atom stereocenters. The van der Waals surface area contributed by atoms with E-state index in [0.717, 1.165) is 37.1 Å². The van der Waals surface area contributed by atoms with Crippen LogP contribution in [0.4, 0.5) is 0 Å². The third-order valence-electron chi connectivity index (χ3n) is 4.50. The zero-order valence-electron chi connectivity index (χ0n) is 11.9. The molecule has 0 bridgehead atoms. The number of carbonyl (C=O) groups is 1. The van der Waals surface area contributed by atoms with Gasteiger partial charge >= 0.3 is 5.97 Å². The van der Waals surface area contributed by atoms with Crippen molar-refractivity contribution in [3.8, 4) is 0 Å². The Morgan fingerprint density at radius 2 is 1.95 bits per heavy atom. The van der Waals surface area contributed by atoms with Crippen LogP contribution >= 0.6 is 0 Å². The first-order valence-electron chi connectivity index (χ1n) is 7.08. The van der Waals surface area contributed by atoms with Crippen LogP contribution in [0.2, 0.25) is 0 Å². The highest BCUT2D eigenvalue weighted by Gasteiger charge is 2.46. The molecule has 2 heterocycles. The Morgan fingerprint density at radius 1 is 1.26 bits per heavy atom. The van der Waals surface area contributed by atoms with E-state index >= 15 is 0 Å². The van der Waals surface area contributed by atoms with Crippen LogP contribution in [0.3, 0.4) is 0 Å². The summed E-state index contributed by atoms with van der Waals surface area (Å²) < 4.78 is 5.78. The third-order valence-corrected chi connectivity index (χ3v) is 4.50. The minimum absolute atomic E-state index is 0.144. The standard InChI is InChI=1S/C16H21NO2/c1-11(2)12-4-5-13-14(10-12)16(19-15(13)18)6-8-17(3)9-7-16/h4-5,10-11H,6-9H2,1-3H3. The molecule has 0 atom stereocenters. The Labute approximate surface area is 114 Å². The second kappa shape index (κ2) is 4.34. The monoisotopic (exact) mass is 259 g/mol. The first-order chi connectivity index (χ1) is 9.02. The van der Waals surface area contributed by atoms with Crippen LogP contribution in [0.15, 0.2) is 18.2 Å². The predicted octanol–water partition coefficient (Wildman–Crippen LogP) is 2.90. The van der Waals surface area contributed by atoms with E-state index in [1.54, 1.807) is 0 Å². The molecular formula is C16H21NO2. The summed E-state index contributed by atoms with van der Waals surface area (Å²) in [6.07, 6.45) is 1.81. The third kappa shape index (κ3) is 1.96. The van der Waals surface area contributed by atoms with Crippen LogP contribution in [0.5, 0.6) is 0 Å². The van der Waals surface area contributed by atoms with Gasteiger partial charge in [-0.1, -0.05) is 26.0 Å². The number of hydrogen-bond acceptors (Lipinski definition) is 3. The van der Waals surface area contributed by atoms with Crippen molar-refractivity contribution in [2.75, 3.05) is 20.1 Å². The largest absolute Gasteiger partial charge is 0.450 e. The number of piperidine rings is 1. The zero-order valence-corrected chi connectivity index (χ0v) is 11.9. The molecule has 19 heavy (non-hydrogen) atoms. The Hall–Kier alpha value is -1.35. The van der Waals surface area contributed by atoms with Gasteiger partial charge in [0.2, 0.25) is 0 Å².